The van der Waals surface area contributed by atoms with Crippen molar-refractivity contribution in [3.8, 4) is 5.75 Å². The van der Waals surface area contributed by atoms with E-state index in [0.717, 1.165) is 77.9 Å². The van der Waals surface area contributed by atoms with Gasteiger partial charge in [-0.2, -0.15) is 0 Å². The van der Waals surface area contributed by atoms with E-state index in [1.807, 2.05) is 61.5 Å². The molecule has 0 spiro atoms. The van der Waals surface area contributed by atoms with Crippen LogP contribution in [0.4, 0.5) is 11.4 Å². The van der Waals surface area contributed by atoms with Crippen LogP contribution in [-0.4, -0.2) is 70.0 Å². The normalized spacial score (nSPS) is 16.4. The van der Waals surface area contributed by atoms with E-state index in [4.69, 9.17) is 9.47 Å². The Hall–Kier alpha value is -3.05. The molecule has 0 saturated carbocycles. The minimum absolute atomic E-state index is 0.0514. The summed E-state index contributed by atoms with van der Waals surface area (Å²) in [5.41, 5.74) is 3.02. The van der Waals surface area contributed by atoms with Gasteiger partial charge in [-0.3, -0.25) is 4.79 Å². The first kappa shape index (κ1) is 31.4. The number of fused-ring (bicyclic) bond motifs is 2. The zero-order chi connectivity index (χ0) is 30.6. The molecule has 43 heavy (non-hydrogen) atoms. The van der Waals surface area contributed by atoms with Gasteiger partial charge in [0.1, 0.15) is 18.5 Å². The number of carbonyl (C=O) groups is 1. The smallest absolute Gasteiger partial charge is 0.302 e. The highest BCUT2D eigenvalue weighted by Crippen LogP contribution is 2.51. The lowest BCUT2D eigenvalue weighted by molar-refractivity contribution is -0.148. The summed E-state index contributed by atoms with van der Waals surface area (Å²) < 4.78 is 39.5. The molecule has 1 atom stereocenters. The van der Waals surface area contributed by atoms with Crippen molar-refractivity contribution >= 4 is 39.1 Å². The molecule has 5 rings (SSSR count). The summed E-state index contributed by atoms with van der Waals surface area (Å²) in [4.78, 5) is 18.2. The second-order valence-electron chi connectivity index (χ2n) is 11.4. The molecule has 8 nitrogen and oxygen atoms in total. The summed E-state index contributed by atoms with van der Waals surface area (Å²) in [5, 5.41) is 0. The lowest BCUT2D eigenvalue weighted by atomic mass is 9.92. The van der Waals surface area contributed by atoms with Crippen LogP contribution in [0.5, 0.6) is 5.75 Å². The van der Waals surface area contributed by atoms with Crippen LogP contribution in [0.3, 0.4) is 0 Å². The Bertz CT molecular complexity index is 1520. The molecule has 10 heteroatoms. The first-order chi connectivity index (χ1) is 20.6. The first-order valence-electron chi connectivity index (χ1n) is 14.8. The molecule has 0 aromatic heterocycles. The zero-order valence-electron chi connectivity index (χ0n) is 25.4. The average molecular weight is 624 g/mol. The van der Waals surface area contributed by atoms with E-state index in [-0.39, 0.29) is 12.1 Å². The highest BCUT2D eigenvalue weighted by molar-refractivity contribution is 8.00. The average Bonchev–Trinajstić information content (AvgIpc) is 2.99. The zero-order valence-corrected chi connectivity index (χ0v) is 27.0. The number of piperidine rings is 1. The first-order valence-corrected chi connectivity index (χ1v) is 17.1. The van der Waals surface area contributed by atoms with E-state index in [1.165, 1.54) is 23.0 Å². The van der Waals surface area contributed by atoms with Gasteiger partial charge in [-0.25, -0.2) is 12.7 Å². The highest BCUT2D eigenvalue weighted by atomic mass is 32.2. The van der Waals surface area contributed by atoms with E-state index in [0.29, 0.717) is 17.4 Å². The van der Waals surface area contributed by atoms with Crippen molar-refractivity contribution < 1.29 is 22.7 Å². The molecule has 2 heterocycles. The van der Waals surface area contributed by atoms with Gasteiger partial charge in [0.15, 0.2) is 0 Å². The van der Waals surface area contributed by atoms with Gasteiger partial charge in [0.25, 0.3) is 0 Å². The van der Waals surface area contributed by atoms with Crippen LogP contribution in [-0.2, 0) is 26.2 Å². The number of sulfonamides is 1. The Labute approximate surface area is 260 Å². The van der Waals surface area contributed by atoms with Crippen LogP contribution in [0.25, 0.3) is 0 Å². The van der Waals surface area contributed by atoms with Crippen molar-refractivity contribution in [1.29, 1.82) is 0 Å². The third kappa shape index (κ3) is 7.37. The number of likely N-dealkylation sites (tertiary alicyclic amines) is 1. The number of ether oxygens (including phenoxy) is 2. The van der Waals surface area contributed by atoms with Gasteiger partial charge in [0.05, 0.1) is 21.2 Å². The van der Waals surface area contributed by atoms with Crippen molar-refractivity contribution in [3.63, 3.8) is 0 Å². The molecule has 2 aliphatic heterocycles. The van der Waals surface area contributed by atoms with Gasteiger partial charge in [-0.15, -0.1) is 0 Å². The SMILES string of the molecule is CC(=O)OC(C)C1CCN(CCCN2c3cc(OCc4ccccc4)ccc3Sc3c2cccc3S(=O)(=O)N(C)C)CC1. The van der Waals surface area contributed by atoms with Gasteiger partial charge in [0.2, 0.25) is 10.0 Å². The molecular formula is C33H41N3O5S2. The van der Waals surface area contributed by atoms with E-state index >= 15 is 0 Å². The van der Waals surface area contributed by atoms with Gasteiger partial charge >= 0.3 is 5.97 Å². The molecule has 1 fully saturated rings. The third-order valence-corrected chi connectivity index (χ3v) is 11.4. The summed E-state index contributed by atoms with van der Waals surface area (Å²) in [7, 11) is -0.488. The van der Waals surface area contributed by atoms with Gasteiger partial charge < -0.3 is 19.3 Å². The largest absolute Gasteiger partial charge is 0.489 e. The Morgan fingerprint density at radius 3 is 2.44 bits per heavy atom. The quantitative estimate of drug-likeness (QED) is 0.235. The van der Waals surface area contributed by atoms with Crippen molar-refractivity contribution in [3.05, 3.63) is 72.3 Å². The molecule has 1 unspecified atom stereocenters. The third-order valence-electron chi connectivity index (χ3n) is 8.19. The summed E-state index contributed by atoms with van der Waals surface area (Å²) in [6.07, 6.45) is 2.88. The van der Waals surface area contributed by atoms with Crippen molar-refractivity contribution in [2.75, 3.05) is 45.2 Å². The highest BCUT2D eigenvalue weighted by Gasteiger charge is 2.31. The number of esters is 1. The number of hydrogen-bond acceptors (Lipinski definition) is 8. The molecule has 1 saturated heterocycles. The molecule has 3 aromatic carbocycles. The van der Waals surface area contributed by atoms with Gasteiger partial charge in [-0.1, -0.05) is 48.2 Å². The molecule has 2 aliphatic rings. The Kier molecular flexibility index (Phi) is 10.0. The number of carbonyl (C=O) groups excluding carboxylic acids is 1. The van der Waals surface area contributed by atoms with Crippen LogP contribution in [0.2, 0.25) is 0 Å². The fourth-order valence-corrected chi connectivity index (χ4v) is 8.29. The van der Waals surface area contributed by atoms with Crippen LogP contribution in [0, 0.1) is 5.92 Å². The van der Waals surface area contributed by atoms with E-state index < -0.39 is 10.0 Å². The number of nitrogens with zero attached hydrogens (tertiary/aromatic N) is 3. The van der Waals surface area contributed by atoms with Crippen LogP contribution in [0.15, 0.2) is 81.4 Å². The summed E-state index contributed by atoms with van der Waals surface area (Å²) >= 11 is 1.50. The fraction of sp³-hybridized carbons (Fsp3) is 0.424. The Morgan fingerprint density at radius 2 is 1.74 bits per heavy atom. The molecular weight excluding hydrogens is 583 g/mol. The Morgan fingerprint density at radius 1 is 1.00 bits per heavy atom. The maximum Gasteiger partial charge on any atom is 0.302 e. The van der Waals surface area contributed by atoms with Crippen LogP contribution in [0.1, 0.15) is 38.7 Å². The fourth-order valence-electron chi connectivity index (χ4n) is 5.78. The second kappa shape index (κ2) is 13.7. The van der Waals surface area contributed by atoms with Crippen molar-refractivity contribution in [2.45, 2.75) is 60.5 Å². The predicted octanol–water partition coefficient (Wildman–Crippen LogP) is 6.17. The minimum atomic E-state index is -3.63. The summed E-state index contributed by atoms with van der Waals surface area (Å²) in [6.45, 7) is 7.55. The molecule has 0 N–H and O–H groups in total. The minimum Gasteiger partial charge on any atom is -0.489 e. The summed E-state index contributed by atoms with van der Waals surface area (Å²) in [6, 6.07) is 21.7. The number of rotatable bonds is 11. The van der Waals surface area contributed by atoms with Gasteiger partial charge in [-0.05, 0) is 81.6 Å². The molecule has 0 bridgehead atoms. The maximum atomic E-state index is 13.3. The second-order valence-corrected chi connectivity index (χ2v) is 14.6. The molecule has 0 radical (unpaired) electrons. The van der Waals surface area contributed by atoms with Crippen LogP contribution < -0.4 is 9.64 Å². The molecule has 230 valence electrons. The number of anilines is 2. The standard InChI is InChI=1S/C33H41N3O5S2/c1-24(41-25(2)37)27-16-20-35(21-17-27)18-9-19-36-29-12-8-13-32(43(38,39)34(3)4)33(29)42-31-15-14-28(22-30(31)36)40-23-26-10-6-5-7-11-26/h5-8,10-15,22,24,27H,9,16-21,23H2,1-4H3. The van der Waals surface area contributed by atoms with E-state index in [1.54, 1.807) is 20.2 Å². The van der Waals surface area contributed by atoms with Crippen molar-refractivity contribution in [1.82, 2.24) is 9.21 Å². The van der Waals surface area contributed by atoms with Crippen molar-refractivity contribution in [2.24, 2.45) is 5.92 Å². The predicted molar refractivity (Wildman–Crippen MR) is 171 cm³/mol. The molecule has 0 amide bonds. The lowest BCUT2D eigenvalue weighted by Gasteiger charge is -2.36. The number of hydrogen-bond donors (Lipinski definition) is 0. The Balaban J connectivity index is 1.35. The maximum absolute atomic E-state index is 13.3. The van der Waals surface area contributed by atoms with E-state index in [9.17, 15) is 13.2 Å². The number of benzene rings is 3. The molecule has 3 aromatic rings. The van der Waals surface area contributed by atoms with Crippen LogP contribution >= 0.6 is 11.8 Å². The lowest BCUT2D eigenvalue weighted by Crippen LogP contribution is -2.39. The van der Waals surface area contributed by atoms with E-state index in [2.05, 4.69) is 15.9 Å². The summed E-state index contributed by atoms with van der Waals surface area (Å²) in [5.74, 6) is 0.951. The van der Waals surface area contributed by atoms with Gasteiger partial charge in [0, 0.05) is 38.5 Å². The topological polar surface area (TPSA) is 79.4 Å². The monoisotopic (exact) mass is 623 g/mol. The molecule has 0 aliphatic carbocycles.